The Morgan fingerprint density at radius 2 is 1.82 bits per heavy atom. The number of hydrogen-bond acceptors (Lipinski definition) is 2. The molecule has 0 saturated heterocycles. The third-order valence-corrected chi connectivity index (χ3v) is 3.47. The highest BCUT2D eigenvalue weighted by atomic mass is 79.9. The molecule has 0 radical (unpaired) electrons. The number of Topliss-reactive ketones (excluding diaryl/α,β-unsaturated/α-hetero) is 1. The molecular weight excluding hydrogens is 284 g/mol. The molecule has 2 aromatic rings. The van der Waals surface area contributed by atoms with Crippen LogP contribution in [0.2, 0.25) is 0 Å². The molecule has 0 aliphatic rings. The highest BCUT2D eigenvalue weighted by Gasteiger charge is 2.14. The van der Waals surface area contributed by atoms with Gasteiger partial charge in [0.15, 0.2) is 0 Å². The fourth-order valence-corrected chi connectivity index (χ4v) is 2.30. The Labute approximate surface area is 106 Å². The third-order valence-electron chi connectivity index (χ3n) is 2.53. The highest BCUT2D eigenvalue weighted by molar-refractivity contribution is 9.10. The minimum Gasteiger partial charge on any atom is -0.475 e. The Hall–Kier alpha value is -1.68. The molecule has 3 nitrogen and oxygen atoms in total. The number of fused-ring (bicyclic) bond motifs is 1. The normalized spacial score (nSPS) is 10.4. The summed E-state index contributed by atoms with van der Waals surface area (Å²) in [5, 5.41) is 10.6. The predicted molar refractivity (Wildman–Crippen MR) is 68.0 cm³/mol. The van der Waals surface area contributed by atoms with Gasteiger partial charge in [-0.05, 0) is 32.3 Å². The van der Waals surface area contributed by atoms with E-state index >= 15 is 0 Å². The fourth-order valence-electron chi connectivity index (χ4n) is 1.66. The van der Waals surface area contributed by atoms with Crippen molar-refractivity contribution < 1.29 is 14.7 Å². The summed E-state index contributed by atoms with van der Waals surface area (Å²) in [6.45, 7) is 0. The zero-order valence-corrected chi connectivity index (χ0v) is 10.4. The lowest BCUT2D eigenvalue weighted by atomic mass is 10.0. The van der Waals surface area contributed by atoms with Crippen molar-refractivity contribution in [3.8, 4) is 0 Å². The Morgan fingerprint density at radius 3 is 2.53 bits per heavy atom. The van der Waals surface area contributed by atoms with Crippen LogP contribution in [-0.2, 0) is 16.0 Å². The van der Waals surface area contributed by atoms with Crippen LogP contribution in [0.3, 0.4) is 0 Å². The van der Waals surface area contributed by atoms with Gasteiger partial charge in [-0.1, -0.05) is 36.4 Å². The van der Waals surface area contributed by atoms with E-state index in [1.165, 1.54) is 0 Å². The lowest BCUT2D eigenvalue weighted by Gasteiger charge is -2.06. The van der Waals surface area contributed by atoms with Crippen LogP contribution < -0.4 is 0 Å². The number of carbonyl (C=O) groups excluding carboxylic acids is 1. The first-order valence-electron chi connectivity index (χ1n) is 5.02. The first-order chi connectivity index (χ1) is 8.09. The van der Waals surface area contributed by atoms with Gasteiger partial charge >= 0.3 is 5.97 Å². The zero-order chi connectivity index (χ0) is 12.4. The maximum atomic E-state index is 11.2. The van der Waals surface area contributed by atoms with Gasteiger partial charge in [0, 0.05) is 10.9 Å². The monoisotopic (exact) mass is 292 g/mol. The number of halogens is 1. The molecule has 0 heterocycles. The Bertz CT molecular complexity index is 605. The van der Waals surface area contributed by atoms with E-state index in [1.807, 2.05) is 30.3 Å². The average molecular weight is 293 g/mol. The number of ketones is 1. The van der Waals surface area contributed by atoms with Crippen molar-refractivity contribution >= 4 is 38.5 Å². The van der Waals surface area contributed by atoms with Crippen LogP contribution in [0.5, 0.6) is 0 Å². The second kappa shape index (κ2) is 4.67. The second-order valence-electron chi connectivity index (χ2n) is 3.66. The van der Waals surface area contributed by atoms with Crippen molar-refractivity contribution in [2.45, 2.75) is 6.42 Å². The largest absolute Gasteiger partial charge is 0.475 e. The average Bonchev–Trinajstić information content (AvgIpc) is 2.33. The Balaban J connectivity index is 2.46. The van der Waals surface area contributed by atoms with Gasteiger partial charge in [0.1, 0.15) is 0 Å². The standard InChI is InChI=1S/C13H9BrO3/c14-12-9(7-11(15)13(16)17)6-5-8-3-1-2-4-10(8)12/h1-6H,7H2,(H,16,17). The van der Waals surface area contributed by atoms with Crippen molar-refractivity contribution in [3.05, 3.63) is 46.4 Å². The predicted octanol–water partition coefficient (Wildman–Crippen LogP) is 2.80. The van der Waals surface area contributed by atoms with Crippen molar-refractivity contribution in [2.75, 3.05) is 0 Å². The molecule has 0 unspecified atom stereocenters. The molecule has 1 N–H and O–H groups in total. The van der Waals surface area contributed by atoms with Crippen molar-refractivity contribution in [2.24, 2.45) is 0 Å². The molecule has 4 heteroatoms. The van der Waals surface area contributed by atoms with Crippen LogP contribution in [-0.4, -0.2) is 16.9 Å². The van der Waals surface area contributed by atoms with Crippen LogP contribution >= 0.6 is 15.9 Å². The molecule has 0 fully saturated rings. The third kappa shape index (κ3) is 2.36. The molecule has 0 amide bonds. The number of hydrogen-bond donors (Lipinski definition) is 1. The summed E-state index contributed by atoms with van der Waals surface area (Å²) in [5.74, 6) is -2.20. The topological polar surface area (TPSA) is 54.4 Å². The van der Waals surface area contributed by atoms with E-state index in [-0.39, 0.29) is 6.42 Å². The number of rotatable bonds is 3. The number of aliphatic carboxylic acids is 1. The summed E-state index contributed by atoms with van der Waals surface area (Å²) < 4.78 is 0.783. The van der Waals surface area contributed by atoms with E-state index in [1.54, 1.807) is 6.07 Å². The van der Waals surface area contributed by atoms with Crippen molar-refractivity contribution in [3.63, 3.8) is 0 Å². The fraction of sp³-hybridized carbons (Fsp3) is 0.0769. The molecule has 0 aromatic heterocycles. The Kier molecular flexibility index (Phi) is 3.24. The van der Waals surface area contributed by atoms with E-state index in [4.69, 9.17) is 5.11 Å². The number of benzene rings is 2. The lowest BCUT2D eigenvalue weighted by Crippen LogP contribution is -2.15. The summed E-state index contributed by atoms with van der Waals surface area (Å²) in [7, 11) is 0. The van der Waals surface area contributed by atoms with Gasteiger partial charge in [-0.2, -0.15) is 0 Å². The van der Waals surface area contributed by atoms with Gasteiger partial charge < -0.3 is 5.11 Å². The summed E-state index contributed by atoms with van der Waals surface area (Å²) in [4.78, 5) is 21.7. The van der Waals surface area contributed by atoms with Crippen LogP contribution in [0.1, 0.15) is 5.56 Å². The molecule has 0 spiro atoms. The van der Waals surface area contributed by atoms with Crippen molar-refractivity contribution in [1.82, 2.24) is 0 Å². The summed E-state index contributed by atoms with van der Waals surface area (Å²) in [5.41, 5.74) is 0.691. The number of carboxylic acids is 1. The van der Waals surface area contributed by atoms with Crippen molar-refractivity contribution in [1.29, 1.82) is 0 Å². The maximum absolute atomic E-state index is 11.2. The summed E-state index contributed by atoms with van der Waals surface area (Å²) in [6.07, 6.45) is -0.0965. The smallest absolute Gasteiger partial charge is 0.372 e. The zero-order valence-electron chi connectivity index (χ0n) is 8.81. The minimum absolute atomic E-state index is 0.0965. The molecule has 0 aliphatic carbocycles. The van der Waals surface area contributed by atoms with Gasteiger partial charge in [0.2, 0.25) is 5.78 Å². The van der Waals surface area contributed by atoms with E-state index in [2.05, 4.69) is 15.9 Å². The molecular formula is C13H9BrO3. The SMILES string of the molecule is O=C(O)C(=O)Cc1ccc2ccccc2c1Br. The number of carbonyl (C=O) groups is 2. The molecule has 86 valence electrons. The molecule has 2 aromatic carbocycles. The minimum atomic E-state index is -1.40. The molecule has 0 bridgehead atoms. The van der Waals surface area contributed by atoms with Gasteiger partial charge in [-0.15, -0.1) is 0 Å². The number of carboxylic acid groups (broad SMARTS) is 1. The molecule has 0 saturated carbocycles. The quantitative estimate of drug-likeness (QED) is 0.885. The van der Waals surface area contributed by atoms with Gasteiger partial charge in [0.25, 0.3) is 0 Å². The van der Waals surface area contributed by atoms with Gasteiger partial charge in [0.05, 0.1) is 0 Å². The van der Waals surface area contributed by atoms with E-state index in [0.717, 1.165) is 15.2 Å². The lowest BCUT2D eigenvalue weighted by molar-refractivity contribution is -0.148. The summed E-state index contributed by atoms with van der Waals surface area (Å²) >= 11 is 3.41. The molecule has 0 atom stereocenters. The molecule has 17 heavy (non-hydrogen) atoms. The highest BCUT2D eigenvalue weighted by Crippen LogP contribution is 2.28. The van der Waals surface area contributed by atoms with Gasteiger partial charge in [-0.3, -0.25) is 4.79 Å². The first kappa shape index (κ1) is 11.8. The van der Waals surface area contributed by atoms with Crippen LogP contribution in [0.15, 0.2) is 40.9 Å². The molecule has 0 aliphatic heterocycles. The maximum Gasteiger partial charge on any atom is 0.372 e. The molecule has 2 rings (SSSR count). The van der Waals surface area contributed by atoms with Crippen LogP contribution in [0.25, 0.3) is 10.8 Å². The second-order valence-corrected chi connectivity index (χ2v) is 4.46. The summed E-state index contributed by atoms with van der Waals surface area (Å²) in [6, 6.07) is 11.4. The van der Waals surface area contributed by atoms with Crippen LogP contribution in [0.4, 0.5) is 0 Å². The van der Waals surface area contributed by atoms with E-state index < -0.39 is 11.8 Å². The van der Waals surface area contributed by atoms with Gasteiger partial charge in [-0.25, -0.2) is 4.79 Å². The first-order valence-corrected chi connectivity index (χ1v) is 5.81. The van der Waals surface area contributed by atoms with E-state index in [0.29, 0.717) is 5.56 Å². The van der Waals surface area contributed by atoms with Crippen LogP contribution in [0, 0.1) is 0 Å². The van der Waals surface area contributed by atoms with E-state index in [9.17, 15) is 9.59 Å². The Morgan fingerprint density at radius 1 is 1.12 bits per heavy atom.